The zero-order valence-electron chi connectivity index (χ0n) is 15.3. The highest BCUT2D eigenvalue weighted by Crippen LogP contribution is 2.33. The van der Waals surface area contributed by atoms with Crippen molar-refractivity contribution in [3.63, 3.8) is 0 Å². The molecule has 0 aliphatic heterocycles. The van der Waals surface area contributed by atoms with E-state index in [0.29, 0.717) is 0 Å². The van der Waals surface area contributed by atoms with Gasteiger partial charge in [-0.15, -0.1) is 0 Å². The summed E-state index contributed by atoms with van der Waals surface area (Å²) >= 11 is 0. The first-order valence-corrected chi connectivity index (χ1v) is 9.10. The van der Waals surface area contributed by atoms with Crippen LogP contribution in [0.5, 0.6) is 0 Å². The third-order valence-electron chi connectivity index (χ3n) is 5.72. The molecular formula is C24H26. The Hall–Kier alpha value is -2.08. The van der Waals surface area contributed by atoms with Gasteiger partial charge >= 0.3 is 0 Å². The SMILES string of the molecule is CC1=Cc2c(CCc3ccc(C)c4c3C=C(C)C4)ccc(C)c2C1. The summed E-state index contributed by atoms with van der Waals surface area (Å²) in [6, 6.07) is 9.31. The van der Waals surface area contributed by atoms with Crippen molar-refractivity contribution in [2.45, 2.75) is 53.4 Å². The maximum absolute atomic E-state index is 2.40. The maximum Gasteiger partial charge on any atom is -0.00579 e. The van der Waals surface area contributed by atoms with E-state index >= 15 is 0 Å². The first-order valence-electron chi connectivity index (χ1n) is 9.10. The largest absolute Gasteiger partial charge is 0.0683 e. The van der Waals surface area contributed by atoms with Crippen LogP contribution in [0.1, 0.15) is 58.4 Å². The van der Waals surface area contributed by atoms with Crippen LogP contribution in [-0.2, 0) is 25.7 Å². The van der Waals surface area contributed by atoms with Crippen LogP contribution in [-0.4, -0.2) is 0 Å². The molecule has 122 valence electrons. The molecule has 0 radical (unpaired) electrons. The van der Waals surface area contributed by atoms with Gasteiger partial charge in [0.05, 0.1) is 0 Å². The minimum Gasteiger partial charge on any atom is -0.0683 e. The molecule has 0 N–H and O–H groups in total. The van der Waals surface area contributed by atoms with Gasteiger partial charge in [0.2, 0.25) is 0 Å². The minimum atomic E-state index is 1.13. The quantitative estimate of drug-likeness (QED) is 0.651. The molecule has 0 saturated heterocycles. The molecule has 0 unspecified atom stereocenters. The molecule has 0 heterocycles. The highest BCUT2D eigenvalue weighted by atomic mass is 14.2. The number of hydrogen-bond donors (Lipinski definition) is 0. The summed E-state index contributed by atoms with van der Waals surface area (Å²) in [5, 5.41) is 0. The summed E-state index contributed by atoms with van der Waals surface area (Å²) in [5.41, 5.74) is 15.0. The van der Waals surface area contributed by atoms with E-state index in [0.717, 1.165) is 25.7 Å². The fourth-order valence-corrected chi connectivity index (χ4v) is 4.33. The Bertz CT molecular complexity index is 815. The van der Waals surface area contributed by atoms with Gasteiger partial charge in [0.25, 0.3) is 0 Å². The van der Waals surface area contributed by atoms with Gasteiger partial charge in [-0.1, -0.05) is 47.6 Å². The average molecular weight is 314 g/mol. The van der Waals surface area contributed by atoms with Crippen molar-refractivity contribution >= 4 is 12.2 Å². The molecule has 0 aromatic heterocycles. The van der Waals surface area contributed by atoms with Crippen LogP contribution in [0.3, 0.4) is 0 Å². The van der Waals surface area contributed by atoms with Gasteiger partial charge in [-0.2, -0.15) is 0 Å². The Morgan fingerprint density at radius 2 is 1.04 bits per heavy atom. The first-order chi connectivity index (χ1) is 11.5. The smallest absolute Gasteiger partial charge is 0.00579 e. The first kappa shape index (κ1) is 15.4. The van der Waals surface area contributed by atoms with Gasteiger partial charge in [0.15, 0.2) is 0 Å². The number of hydrogen-bond acceptors (Lipinski definition) is 0. The lowest BCUT2D eigenvalue weighted by molar-refractivity contribution is 0.945. The van der Waals surface area contributed by atoms with Gasteiger partial charge in [-0.25, -0.2) is 0 Å². The Balaban J connectivity index is 1.64. The van der Waals surface area contributed by atoms with Crippen molar-refractivity contribution in [1.82, 2.24) is 0 Å². The lowest BCUT2D eigenvalue weighted by Gasteiger charge is -2.13. The van der Waals surface area contributed by atoms with Gasteiger partial charge in [0, 0.05) is 0 Å². The van der Waals surface area contributed by atoms with Crippen molar-refractivity contribution in [2.24, 2.45) is 0 Å². The normalized spacial score (nSPS) is 15.2. The number of allylic oxidation sites excluding steroid dienone is 2. The second-order valence-electron chi connectivity index (χ2n) is 7.70. The van der Waals surface area contributed by atoms with E-state index in [-0.39, 0.29) is 0 Å². The van der Waals surface area contributed by atoms with E-state index < -0.39 is 0 Å². The van der Waals surface area contributed by atoms with E-state index in [9.17, 15) is 0 Å². The third kappa shape index (κ3) is 2.55. The summed E-state index contributed by atoms with van der Waals surface area (Å²) in [5.74, 6) is 0. The summed E-state index contributed by atoms with van der Waals surface area (Å²) < 4.78 is 0. The molecular weight excluding hydrogens is 288 g/mol. The van der Waals surface area contributed by atoms with Crippen molar-refractivity contribution < 1.29 is 0 Å². The van der Waals surface area contributed by atoms with Gasteiger partial charge in [-0.05, 0) is 97.9 Å². The molecule has 2 aromatic rings. The van der Waals surface area contributed by atoms with Crippen LogP contribution in [0.4, 0.5) is 0 Å². The van der Waals surface area contributed by atoms with Crippen LogP contribution in [0, 0.1) is 13.8 Å². The van der Waals surface area contributed by atoms with E-state index in [4.69, 9.17) is 0 Å². The molecule has 4 rings (SSSR count). The Morgan fingerprint density at radius 3 is 1.46 bits per heavy atom. The molecule has 0 amide bonds. The number of benzene rings is 2. The molecule has 2 aliphatic carbocycles. The highest BCUT2D eigenvalue weighted by Gasteiger charge is 2.18. The molecule has 0 atom stereocenters. The topological polar surface area (TPSA) is 0 Å². The Labute approximate surface area is 145 Å². The molecule has 2 aromatic carbocycles. The lowest BCUT2D eigenvalue weighted by Crippen LogP contribution is -2.00. The zero-order valence-corrected chi connectivity index (χ0v) is 15.3. The van der Waals surface area contributed by atoms with Crippen molar-refractivity contribution in [3.05, 3.63) is 79.9 Å². The third-order valence-corrected chi connectivity index (χ3v) is 5.72. The second-order valence-corrected chi connectivity index (χ2v) is 7.70. The van der Waals surface area contributed by atoms with Crippen LogP contribution in [0.25, 0.3) is 12.2 Å². The van der Waals surface area contributed by atoms with Crippen LogP contribution in [0.2, 0.25) is 0 Å². The Kier molecular flexibility index (Phi) is 3.72. The van der Waals surface area contributed by atoms with E-state index in [1.807, 2.05) is 0 Å². The van der Waals surface area contributed by atoms with E-state index in [2.05, 4.69) is 64.1 Å². The van der Waals surface area contributed by atoms with Gasteiger partial charge < -0.3 is 0 Å². The fourth-order valence-electron chi connectivity index (χ4n) is 4.33. The summed E-state index contributed by atoms with van der Waals surface area (Å²) in [7, 11) is 0. The summed E-state index contributed by atoms with van der Waals surface area (Å²) in [4.78, 5) is 0. The molecule has 0 spiro atoms. The van der Waals surface area contributed by atoms with Gasteiger partial charge in [-0.3, -0.25) is 0 Å². The molecule has 0 heteroatoms. The standard InChI is InChI=1S/C24H26/c1-15-11-21-17(3)5-7-19(23(21)13-15)9-10-20-8-6-18(4)22-12-16(2)14-24(20)22/h5-8,13-14H,9-12H2,1-4H3. The second kappa shape index (κ2) is 5.77. The van der Waals surface area contributed by atoms with Gasteiger partial charge in [0.1, 0.15) is 0 Å². The fraction of sp³-hybridized carbons (Fsp3) is 0.333. The molecule has 24 heavy (non-hydrogen) atoms. The molecule has 0 nitrogen and oxygen atoms in total. The predicted molar refractivity (Wildman–Crippen MR) is 104 cm³/mol. The van der Waals surface area contributed by atoms with Crippen LogP contribution >= 0.6 is 0 Å². The lowest BCUT2D eigenvalue weighted by atomic mass is 9.91. The monoisotopic (exact) mass is 314 g/mol. The van der Waals surface area contributed by atoms with Crippen LogP contribution < -0.4 is 0 Å². The highest BCUT2D eigenvalue weighted by molar-refractivity contribution is 5.69. The summed E-state index contributed by atoms with van der Waals surface area (Å²) in [6.45, 7) is 9.00. The molecule has 0 saturated carbocycles. The number of rotatable bonds is 3. The molecule has 0 bridgehead atoms. The van der Waals surface area contributed by atoms with E-state index in [1.54, 1.807) is 11.1 Å². The van der Waals surface area contributed by atoms with Crippen molar-refractivity contribution in [2.75, 3.05) is 0 Å². The van der Waals surface area contributed by atoms with Crippen LogP contribution in [0.15, 0.2) is 35.4 Å². The Morgan fingerprint density at radius 1 is 0.625 bits per heavy atom. The maximum atomic E-state index is 2.40. The van der Waals surface area contributed by atoms with Crippen molar-refractivity contribution in [1.29, 1.82) is 0 Å². The number of aryl methyl sites for hydroxylation is 4. The molecule has 2 aliphatic rings. The molecule has 0 fully saturated rings. The van der Waals surface area contributed by atoms with Crippen molar-refractivity contribution in [3.8, 4) is 0 Å². The minimum absolute atomic E-state index is 1.13. The average Bonchev–Trinajstić information content (AvgIpc) is 3.12. The summed E-state index contributed by atoms with van der Waals surface area (Å²) in [6.07, 6.45) is 9.35. The van der Waals surface area contributed by atoms with E-state index in [1.165, 1.54) is 44.5 Å². The number of fused-ring (bicyclic) bond motifs is 2. The predicted octanol–water partition coefficient (Wildman–Crippen LogP) is 6.01. The zero-order chi connectivity index (χ0) is 16.8.